The minimum atomic E-state index is -0.495. The normalized spacial score (nSPS) is 13.2. The number of pyridine rings is 1. The number of hydrogen-bond donors (Lipinski definition) is 3. The van der Waals surface area contributed by atoms with E-state index in [0.29, 0.717) is 46.9 Å². The molecule has 0 aliphatic carbocycles. The van der Waals surface area contributed by atoms with Crippen molar-refractivity contribution in [1.82, 2.24) is 4.98 Å². The SMILES string of the molecule is NCCOc1cc(N2CCOCC2)ccc1C(=O)Nc1ccc(Cl)cc1C(=O)Nc1ccc(Cl)cn1. The summed E-state index contributed by atoms with van der Waals surface area (Å²) in [5.74, 6) is -0.244. The van der Waals surface area contributed by atoms with Crippen LogP contribution in [0, 0.1) is 0 Å². The molecule has 0 atom stereocenters. The molecule has 0 bridgehead atoms. The van der Waals surface area contributed by atoms with E-state index in [1.54, 1.807) is 30.3 Å². The van der Waals surface area contributed by atoms with Gasteiger partial charge in [0.2, 0.25) is 0 Å². The van der Waals surface area contributed by atoms with Gasteiger partial charge in [0.05, 0.1) is 35.1 Å². The van der Waals surface area contributed by atoms with Gasteiger partial charge in [0, 0.05) is 42.6 Å². The molecule has 2 aromatic carbocycles. The van der Waals surface area contributed by atoms with Crippen molar-refractivity contribution in [2.45, 2.75) is 0 Å². The van der Waals surface area contributed by atoms with E-state index in [-0.39, 0.29) is 17.9 Å². The quantitative estimate of drug-likeness (QED) is 0.402. The van der Waals surface area contributed by atoms with Gasteiger partial charge in [-0.2, -0.15) is 0 Å². The fourth-order valence-corrected chi connectivity index (χ4v) is 3.93. The number of carbonyl (C=O) groups is 2. The first-order chi connectivity index (χ1) is 17.4. The van der Waals surface area contributed by atoms with Gasteiger partial charge < -0.3 is 30.7 Å². The summed E-state index contributed by atoms with van der Waals surface area (Å²) >= 11 is 12.0. The molecule has 1 saturated heterocycles. The Bertz CT molecular complexity index is 1230. The number of carbonyl (C=O) groups excluding carboxylic acids is 2. The van der Waals surface area contributed by atoms with Crippen molar-refractivity contribution in [2.75, 3.05) is 55.0 Å². The van der Waals surface area contributed by atoms with Gasteiger partial charge in [0.1, 0.15) is 18.2 Å². The van der Waals surface area contributed by atoms with Crippen LogP contribution in [0.2, 0.25) is 10.0 Å². The largest absolute Gasteiger partial charge is 0.491 e. The Labute approximate surface area is 218 Å². The molecule has 0 radical (unpaired) electrons. The van der Waals surface area contributed by atoms with Crippen LogP contribution in [0.1, 0.15) is 20.7 Å². The number of aromatic nitrogens is 1. The lowest BCUT2D eigenvalue weighted by Crippen LogP contribution is -2.36. The summed E-state index contributed by atoms with van der Waals surface area (Å²) in [5, 5.41) is 6.25. The van der Waals surface area contributed by atoms with Crippen LogP contribution in [0.15, 0.2) is 54.7 Å². The predicted octanol–water partition coefficient (Wildman–Crippen LogP) is 4.07. The molecule has 0 unspecified atom stereocenters. The lowest BCUT2D eigenvalue weighted by Gasteiger charge is -2.29. The summed E-state index contributed by atoms with van der Waals surface area (Å²) in [6.45, 7) is 3.29. The maximum atomic E-state index is 13.3. The summed E-state index contributed by atoms with van der Waals surface area (Å²) in [5.41, 5.74) is 7.30. The number of nitrogens with zero attached hydrogens (tertiary/aromatic N) is 2. The van der Waals surface area contributed by atoms with Crippen LogP contribution in [-0.2, 0) is 4.74 Å². The van der Waals surface area contributed by atoms with Gasteiger partial charge in [-0.25, -0.2) is 4.98 Å². The number of rotatable bonds is 8. The molecule has 11 heteroatoms. The Morgan fingerprint density at radius 2 is 1.72 bits per heavy atom. The van der Waals surface area contributed by atoms with Crippen LogP contribution in [0.5, 0.6) is 5.75 Å². The molecule has 1 aliphatic heterocycles. The Balaban J connectivity index is 1.58. The molecule has 1 fully saturated rings. The Morgan fingerprint density at radius 3 is 2.44 bits per heavy atom. The number of hydrogen-bond acceptors (Lipinski definition) is 7. The van der Waals surface area contributed by atoms with Crippen molar-refractivity contribution in [1.29, 1.82) is 0 Å². The van der Waals surface area contributed by atoms with Crippen LogP contribution in [0.3, 0.4) is 0 Å². The third-order valence-electron chi connectivity index (χ3n) is 5.40. The zero-order chi connectivity index (χ0) is 25.5. The van der Waals surface area contributed by atoms with Crippen LogP contribution in [0.4, 0.5) is 17.2 Å². The van der Waals surface area contributed by atoms with Crippen molar-refractivity contribution < 1.29 is 19.1 Å². The van der Waals surface area contributed by atoms with Crippen molar-refractivity contribution in [3.63, 3.8) is 0 Å². The number of morpholine rings is 1. The minimum Gasteiger partial charge on any atom is -0.491 e. The molecule has 1 aromatic heterocycles. The first-order valence-corrected chi connectivity index (χ1v) is 12.0. The van der Waals surface area contributed by atoms with Crippen molar-refractivity contribution >= 4 is 52.2 Å². The molecule has 9 nitrogen and oxygen atoms in total. The number of benzene rings is 2. The summed E-state index contributed by atoms with van der Waals surface area (Å²) in [6.07, 6.45) is 1.42. The van der Waals surface area contributed by atoms with Crippen LogP contribution in [-0.4, -0.2) is 56.3 Å². The third kappa shape index (κ3) is 6.44. The zero-order valence-electron chi connectivity index (χ0n) is 19.3. The maximum absolute atomic E-state index is 13.3. The highest BCUT2D eigenvalue weighted by Gasteiger charge is 2.20. The van der Waals surface area contributed by atoms with Gasteiger partial charge in [0.15, 0.2) is 0 Å². The van der Waals surface area contributed by atoms with E-state index < -0.39 is 11.8 Å². The second-order valence-electron chi connectivity index (χ2n) is 7.88. The number of nitrogens with one attached hydrogen (secondary N) is 2. The van der Waals surface area contributed by atoms with Gasteiger partial charge in [-0.3, -0.25) is 9.59 Å². The lowest BCUT2D eigenvalue weighted by atomic mass is 10.1. The fraction of sp³-hybridized carbons (Fsp3) is 0.240. The summed E-state index contributed by atoms with van der Waals surface area (Å²) in [4.78, 5) is 32.5. The Morgan fingerprint density at radius 1 is 0.972 bits per heavy atom. The van der Waals surface area contributed by atoms with Gasteiger partial charge in [-0.1, -0.05) is 23.2 Å². The summed E-state index contributed by atoms with van der Waals surface area (Å²) in [7, 11) is 0. The minimum absolute atomic E-state index is 0.168. The van der Waals surface area contributed by atoms with Crippen molar-refractivity contribution in [3.8, 4) is 5.75 Å². The smallest absolute Gasteiger partial charge is 0.259 e. The first kappa shape index (κ1) is 25.7. The molecule has 1 aliphatic rings. The van der Waals surface area contributed by atoms with E-state index >= 15 is 0 Å². The molecular weight excluding hydrogens is 505 g/mol. The lowest BCUT2D eigenvalue weighted by molar-refractivity contribution is 0.102. The van der Waals surface area contributed by atoms with Crippen LogP contribution < -0.4 is 26.0 Å². The number of ether oxygens (including phenoxy) is 2. The van der Waals surface area contributed by atoms with E-state index in [2.05, 4.69) is 20.5 Å². The topological polar surface area (TPSA) is 119 Å². The number of anilines is 3. The number of halogens is 2. The first-order valence-electron chi connectivity index (χ1n) is 11.3. The van der Waals surface area contributed by atoms with Crippen LogP contribution >= 0.6 is 23.2 Å². The number of amides is 2. The standard InChI is InChI=1S/C25H25Cl2N5O4/c26-16-1-5-21(20(13-16)25(34)31-23-6-2-17(27)15-29-23)30-24(33)19-4-3-18(14-22(19)36-10-7-28)32-8-11-35-12-9-32/h1-6,13-15H,7-12,28H2,(H,30,33)(H,29,31,34). The summed E-state index contributed by atoms with van der Waals surface area (Å²) < 4.78 is 11.2. The van der Waals surface area contributed by atoms with Crippen LogP contribution in [0.25, 0.3) is 0 Å². The second kappa shape index (κ2) is 12.0. The molecule has 2 amide bonds. The molecule has 2 heterocycles. The van der Waals surface area contributed by atoms with Gasteiger partial charge in [-0.15, -0.1) is 0 Å². The average molecular weight is 530 g/mol. The fourth-order valence-electron chi connectivity index (χ4n) is 3.64. The van der Waals surface area contributed by atoms with Gasteiger partial charge >= 0.3 is 0 Å². The van der Waals surface area contributed by atoms with E-state index in [4.69, 9.17) is 38.4 Å². The number of nitrogens with two attached hydrogens (primary N) is 1. The highest BCUT2D eigenvalue weighted by molar-refractivity contribution is 6.31. The molecule has 188 valence electrons. The van der Waals surface area contributed by atoms with E-state index in [1.807, 2.05) is 12.1 Å². The van der Waals surface area contributed by atoms with Gasteiger partial charge in [0.25, 0.3) is 11.8 Å². The molecule has 0 saturated carbocycles. The molecule has 4 N–H and O–H groups in total. The molecular formula is C25H25Cl2N5O4. The van der Waals surface area contributed by atoms with Crippen molar-refractivity contribution in [2.24, 2.45) is 5.73 Å². The molecule has 36 heavy (non-hydrogen) atoms. The van der Waals surface area contributed by atoms with E-state index in [1.165, 1.54) is 12.3 Å². The van der Waals surface area contributed by atoms with E-state index in [0.717, 1.165) is 18.8 Å². The van der Waals surface area contributed by atoms with Crippen molar-refractivity contribution in [3.05, 3.63) is 75.9 Å². The second-order valence-corrected chi connectivity index (χ2v) is 8.75. The van der Waals surface area contributed by atoms with Gasteiger partial charge in [-0.05, 0) is 42.5 Å². The highest BCUT2D eigenvalue weighted by atomic mass is 35.5. The monoisotopic (exact) mass is 529 g/mol. The Kier molecular flexibility index (Phi) is 8.61. The van der Waals surface area contributed by atoms with E-state index in [9.17, 15) is 9.59 Å². The average Bonchev–Trinajstić information content (AvgIpc) is 2.90. The summed E-state index contributed by atoms with van der Waals surface area (Å²) in [6, 6.07) is 13.2. The Hall–Kier alpha value is -3.37. The third-order valence-corrected chi connectivity index (χ3v) is 5.86. The highest BCUT2D eigenvalue weighted by Crippen LogP contribution is 2.29. The molecule has 3 aromatic rings. The zero-order valence-corrected chi connectivity index (χ0v) is 20.8. The molecule has 0 spiro atoms. The predicted molar refractivity (Wildman–Crippen MR) is 141 cm³/mol. The maximum Gasteiger partial charge on any atom is 0.259 e. The molecule has 4 rings (SSSR count).